The minimum Gasteiger partial charge on any atom is -1.00 e. The topological polar surface area (TPSA) is 6.48 Å². The van der Waals surface area contributed by atoms with Crippen LogP contribution >= 0.6 is 0 Å². The maximum atomic E-state index is 3.10. The zero-order valence-electron chi connectivity index (χ0n) is 9.87. The number of rotatable bonds is 3. The van der Waals surface area contributed by atoms with Crippen molar-refractivity contribution >= 4 is 23.1 Å². The Morgan fingerprint density at radius 1 is 1.13 bits per heavy atom. The van der Waals surface area contributed by atoms with E-state index in [4.69, 9.17) is 0 Å². The summed E-state index contributed by atoms with van der Waals surface area (Å²) in [4.78, 5) is 4.37. The Kier molecular flexibility index (Phi) is 9.80. The molecule has 0 aliphatic carbocycles. The Balaban J connectivity index is 0. The van der Waals surface area contributed by atoms with Gasteiger partial charge in [0.1, 0.15) is 0 Å². The third-order valence-corrected chi connectivity index (χ3v) is 2.01. The molecule has 15 heavy (non-hydrogen) atoms. The third-order valence-electron chi connectivity index (χ3n) is 2.01. The van der Waals surface area contributed by atoms with Crippen molar-refractivity contribution in [2.75, 3.05) is 28.2 Å². The largest absolute Gasteiger partial charge is 2.00 e. The van der Waals surface area contributed by atoms with Crippen molar-refractivity contribution < 1.29 is 12.4 Å². The Morgan fingerprint density at radius 2 is 1.67 bits per heavy atom. The average molecular weight is 237 g/mol. The van der Waals surface area contributed by atoms with Crippen LogP contribution in [-0.4, -0.2) is 61.0 Å². The van der Waals surface area contributed by atoms with Gasteiger partial charge in [-0.15, -0.1) is 5.56 Å². The first-order chi connectivity index (χ1) is 6.13. The second kappa shape index (κ2) is 8.36. The summed E-state index contributed by atoms with van der Waals surface area (Å²) < 4.78 is 0. The van der Waals surface area contributed by atoms with Crippen LogP contribution in [0.4, 0.5) is 0 Å². The molecule has 0 aromatic heterocycles. The molecule has 80 valence electrons. The molecule has 0 aliphatic heterocycles. The molecule has 0 fully saturated rings. The van der Waals surface area contributed by atoms with Crippen molar-refractivity contribution in [3.05, 3.63) is 35.9 Å². The zero-order chi connectivity index (χ0) is 9.84. The van der Waals surface area contributed by atoms with Crippen LogP contribution in [0.5, 0.6) is 0 Å². The van der Waals surface area contributed by atoms with Crippen molar-refractivity contribution in [1.29, 1.82) is 0 Å². The molecule has 0 amide bonds. The van der Waals surface area contributed by atoms with Gasteiger partial charge < -0.3 is 22.2 Å². The summed E-state index contributed by atoms with van der Waals surface area (Å²) in [6.07, 6.45) is 0.331. The van der Waals surface area contributed by atoms with E-state index < -0.39 is 0 Å². The Morgan fingerprint density at radius 3 is 2.00 bits per heavy atom. The molecular formula is C11H17ClMgN2. The van der Waals surface area contributed by atoms with E-state index in [2.05, 4.69) is 50.1 Å². The molecule has 4 heteroatoms. The van der Waals surface area contributed by atoms with Crippen molar-refractivity contribution in [2.45, 2.75) is 6.17 Å². The van der Waals surface area contributed by atoms with Crippen molar-refractivity contribution in [3.8, 4) is 0 Å². The van der Waals surface area contributed by atoms with Crippen LogP contribution in [0.15, 0.2) is 24.3 Å². The van der Waals surface area contributed by atoms with Gasteiger partial charge in [0, 0.05) is 6.17 Å². The number of nitrogens with zero attached hydrogens (tertiary/aromatic N) is 2. The quantitative estimate of drug-likeness (QED) is 0.349. The molecule has 0 spiro atoms. The molecule has 0 aliphatic rings. The van der Waals surface area contributed by atoms with E-state index in [-0.39, 0.29) is 35.5 Å². The van der Waals surface area contributed by atoms with Crippen molar-refractivity contribution in [1.82, 2.24) is 9.80 Å². The van der Waals surface area contributed by atoms with Crippen LogP contribution in [0, 0.1) is 6.07 Å². The molecule has 0 unspecified atom stereocenters. The normalized spacial score (nSPS) is 10.1. The van der Waals surface area contributed by atoms with E-state index in [0.717, 1.165) is 0 Å². The fourth-order valence-corrected chi connectivity index (χ4v) is 1.63. The minimum atomic E-state index is 0. The van der Waals surface area contributed by atoms with Crippen LogP contribution in [-0.2, 0) is 0 Å². The summed E-state index contributed by atoms with van der Waals surface area (Å²) in [7, 11) is 8.32. The molecule has 1 aromatic carbocycles. The SMILES string of the molecule is CN(C)C(c1c[c-]ccc1)N(C)C.[Cl-].[Mg+2]. The van der Waals surface area contributed by atoms with Crippen molar-refractivity contribution in [2.24, 2.45) is 0 Å². The molecule has 0 N–H and O–H groups in total. The maximum Gasteiger partial charge on any atom is 2.00 e. The van der Waals surface area contributed by atoms with Gasteiger partial charge in [0.05, 0.1) is 0 Å². The van der Waals surface area contributed by atoms with Gasteiger partial charge in [0.2, 0.25) is 0 Å². The van der Waals surface area contributed by atoms with Gasteiger partial charge in [0.15, 0.2) is 0 Å². The third kappa shape index (κ3) is 5.18. The molecule has 0 atom stereocenters. The minimum absolute atomic E-state index is 0. The van der Waals surface area contributed by atoms with E-state index in [9.17, 15) is 0 Å². The summed E-state index contributed by atoms with van der Waals surface area (Å²) in [6, 6.07) is 11.2. The van der Waals surface area contributed by atoms with E-state index in [1.165, 1.54) is 5.56 Å². The van der Waals surface area contributed by atoms with Gasteiger partial charge in [-0.25, -0.2) is 0 Å². The van der Waals surface area contributed by atoms with Crippen molar-refractivity contribution in [3.63, 3.8) is 0 Å². The number of hydrogen-bond acceptors (Lipinski definition) is 2. The molecule has 1 rings (SSSR count). The van der Waals surface area contributed by atoms with Crippen LogP contribution in [0.2, 0.25) is 0 Å². The molecule has 0 radical (unpaired) electrons. The number of hydrogen-bond donors (Lipinski definition) is 0. The molecule has 2 nitrogen and oxygen atoms in total. The Bertz CT molecular complexity index is 244. The standard InChI is InChI=1S/C11H17N2.ClH.Mg/c1-12(2)11(13(3)4)10-8-6-5-7-9-10;;/h5-6,8-9,11H,1-4H3;1H;/q-1;;+2/p-1. The van der Waals surface area contributed by atoms with Crippen LogP contribution < -0.4 is 12.4 Å². The van der Waals surface area contributed by atoms with Gasteiger partial charge in [0.25, 0.3) is 0 Å². The summed E-state index contributed by atoms with van der Waals surface area (Å²) in [5, 5.41) is 0. The predicted octanol–water partition coefficient (Wildman–Crippen LogP) is -1.77. The van der Waals surface area contributed by atoms with E-state index in [1.807, 2.05) is 18.2 Å². The smallest absolute Gasteiger partial charge is 1.00 e. The fourth-order valence-electron chi connectivity index (χ4n) is 1.63. The van der Waals surface area contributed by atoms with Gasteiger partial charge in [-0.2, -0.15) is 30.3 Å². The molecule has 0 saturated carbocycles. The van der Waals surface area contributed by atoms with Gasteiger partial charge in [-0.1, -0.05) is 0 Å². The fraction of sp³-hybridized carbons (Fsp3) is 0.455. The zero-order valence-corrected chi connectivity index (χ0v) is 12.0. The van der Waals surface area contributed by atoms with Crippen LogP contribution in [0.3, 0.4) is 0 Å². The Labute approximate surface area is 115 Å². The molecule has 0 heterocycles. The molecule has 1 aromatic rings. The first-order valence-corrected chi connectivity index (χ1v) is 4.42. The van der Waals surface area contributed by atoms with Crippen LogP contribution in [0.25, 0.3) is 0 Å². The summed E-state index contributed by atoms with van der Waals surface area (Å²) >= 11 is 0. The van der Waals surface area contributed by atoms with E-state index in [1.54, 1.807) is 0 Å². The van der Waals surface area contributed by atoms with Gasteiger partial charge in [-0.3, -0.25) is 0 Å². The van der Waals surface area contributed by atoms with E-state index >= 15 is 0 Å². The molecule has 0 bridgehead atoms. The second-order valence-corrected chi connectivity index (χ2v) is 3.64. The predicted molar refractivity (Wildman–Crippen MR) is 61.1 cm³/mol. The Hall–Kier alpha value is 0.196. The monoisotopic (exact) mass is 236 g/mol. The molecule has 0 saturated heterocycles. The first-order valence-electron chi connectivity index (χ1n) is 4.42. The first kappa shape index (κ1) is 17.6. The van der Waals surface area contributed by atoms with Crippen LogP contribution in [0.1, 0.15) is 11.7 Å². The molecular weight excluding hydrogens is 220 g/mol. The number of halogens is 1. The van der Waals surface area contributed by atoms with Gasteiger partial charge >= 0.3 is 23.1 Å². The summed E-state index contributed by atoms with van der Waals surface area (Å²) in [5.41, 5.74) is 1.28. The maximum absolute atomic E-state index is 3.10. The second-order valence-electron chi connectivity index (χ2n) is 3.64. The number of benzene rings is 1. The summed E-state index contributed by atoms with van der Waals surface area (Å²) in [6.45, 7) is 0. The average Bonchev–Trinajstić information content (AvgIpc) is 2.04. The van der Waals surface area contributed by atoms with E-state index in [0.29, 0.717) is 6.17 Å². The van der Waals surface area contributed by atoms with Gasteiger partial charge in [-0.05, 0) is 28.2 Å². The summed E-state index contributed by atoms with van der Waals surface area (Å²) in [5.74, 6) is 0.